The fraction of sp³-hybridized carbons (Fsp3) is 0.111. The number of amides is 2. The van der Waals surface area contributed by atoms with E-state index in [1.165, 1.54) is 12.1 Å². The summed E-state index contributed by atoms with van der Waals surface area (Å²) < 4.78 is 12.7. The lowest BCUT2D eigenvalue weighted by atomic mass is 10.1. The number of carbonyl (C=O) groups excluding carboxylic acids is 2. The third-order valence-electron chi connectivity index (χ3n) is 1.63. The summed E-state index contributed by atoms with van der Waals surface area (Å²) >= 11 is 0. The summed E-state index contributed by atoms with van der Waals surface area (Å²) in [7, 11) is 0. The Hall–Kier alpha value is -1.71. The van der Waals surface area contributed by atoms with Crippen molar-refractivity contribution < 1.29 is 14.0 Å². The second-order valence-corrected chi connectivity index (χ2v) is 2.55. The van der Waals surface area contributed by atoms with E-state index in [4.69, 9.17) is 0 Å². The molecule has 13 heavy (non-hydrogen) atoms. The molecular formula is C9H8FNO2. The summed E-state index contributed by atoms with van der Waals surface area (Å²) in [6, 6.07) is 3.83. The maximum atomic E-state index is 12.7. The van der Waals surface area contributed by atoms with E-state index in [9.17, 15) is 14.0 Å². The topological polar surface area (TPSA) is 46.2 Å². The highest BCUT2D eigenvalue weighted by Gasteiger charge is 2.08. The minimum Gasteiger partial charge on any atom is -0.295 e. The zero-order valence-corrected chi connectivity index (χ0v) is 7.00. The largest absolute Gasteiger partial charge is 0.295 e. The van der Waals surface area contributed by atoms with E-state index >= 15 is 0 Å². The molecule has 1 rings (SSSR count). The molecule has 1 aromatic carbocycles. The van der Waals surface area contributed by atoms with Gasteiger partial charge in [0.05, 0.1) is 0 Å². The van der Waals surface area contributed by atoms with Crippen LogP contribution in [0.2, 0.25) is 0 Å². The van der Waals surface area contributed by atoms with Crippen LogP contribution in [0.15, 0.2) is 18.2 Å². The van der Waals surface area contributed by atoms with Crippen LogP contribution in [0.3, 0.4) is 0 Å². The smallest absolute Gasteiger partial charge is 0.257 e. The van der Waals surface area contributed by atoms with Crippen LogP contribution in [-0.4, -0.2) is 12.3 Å². The normalized spacial score (nSPS) is 9.38. The molecule has 0 saturated heterocycles. The van der Waals surface area contributed by atoms with E-state index in [0.29, 0.717) is 5.56 Å². The van der Waals surface area contributed by atoms with Gasteiger partial charge in [-0.2, -0.15) is 0 Å². The lowest BCUT2D eigenvalue weighted by Gasteiger charge is -2.02. The van der Waals surface area contributed by atoms with Gasteiger partial charge in [-0.05, 0) is 24.6 Å². The van der Waals surface area contributed by atoms with Crippen LogP contribution < -0.4 is 5.32 Å². The van der Waals surface area contributed by atoms with Gasteiger partial charge in [-0.15, -0.1) is 0 Å². The van der Waals surface area contributed by atoms with Gasteiger partial charge in [0.1, 0.15) is 5.82 Å². The van der Waals surface area contributed by atoms with E-state index in [1.54, 1.807) is 6.92 Å². The van der Waals surface area contributed by atoms with Crippen molar-refractivity contribution in [3.05, 3.63) is 35.1 Å². The molecule has 1 aromatic rings. The Morgan fingerprint density at radius 3 is 2.85 bits per heavy atom. The third kappa shape index (κ3) is 2.11. The Morgan fingerprint density at radius 1 is 1.54 bits per heavy atom. The van der Waals surface area contributed by atoms with Gasteiger partial charge < -0.3 is 0 Å². The lowest BCUT2D eigenvalue weighted by molar-refractivity contribution is -0.108. The molecule has 0 aliphatic heterocycles. The van der Waals surface area contributed by atoms with E-state index < -0.39 is 11.7 Å². The number of carbonyl (C=O) groups is 2. The van der Waals surface area contributed by atoms with Crippen molar-refractivity contribution >= 4 is 12.3 Å². The van der Waals surface area contributed by atoms with Crippen LogP contribution in [0.4, 0.5) is 4.39 Å². The molecule has 0 spiro atoms. The number of benzene rings is 1. The quantitative estimate of drug-likeness (QED) is 0.692. The summed E-state index contributed by atoms with van der Waals surface area (Å²) in [5, 5.41) is 1.94. The van der Waals surface area contributed by atoms with Crippen molar-refractivity contribution in [2.75, 3.05) is 0 Å². The fourth-order valence-electron chi connectivity index (χ4n) is 0.970. The number of halogens is 1. The van der Waals surface area contributed by atoms with Gasteiger partial charge in [-0.3, -0.25) is 14.9 Å². The molecule has 0 atom stereocenters. The molecule has 0 aliphatic rings. The summed E-state index contributed by atoms with van der Waals surface area (Å²) in [5.74, 6) is -1.09. The highest BCUT2D eigenvalue weighted by molar-refractivity contribution is 6.00. The van der Waals surface area contributed by atoms with Gasteiger partial charge in [0.25, 0.3) is 5.91 Å². The Labute approximate surface area is 74.6 Å². The first kappa shape index (κ1) is 9.38. The van der Waals surface area contributed by atoms with Crippen molar-refractivity contribution in [1.82, 2.24) is 5.32 Å². The van der Waals surface area contributed by atoms with E-state index in [0.717, 1.165) is 6.07 Å². The van der Waals surface area contributed by atoms with Crippen LogP contribution in [0.25, 0.3) is 0 Å². The molecular weight excluding hydrogens is 173 g/mol. The maximum absolute atomic E-state index is 12.7. The molecule has 0 aliphatic carbocycles. The molecule has 1 N–H and O–H groups in total. The highest BCUT2D eigenvalue weighted by Crippen LogP contribution is 2.09. The number of imide groups is 1. The van der Waals surface area contributed by atoms with Crippen molar-refractivity contribution in [1.29, 1.82) is 0 Å². The number of rotatable bonds is 2. The van der Waals surface area contributed by atoms with Crippen LogP contribution in [0.1, 0.15) is 15.9 Å². The molecule has 3 nitrogen and oxygen atoms in total. The zero-order chi connectivity index (χ0) is 9.84. The predicted octanol–water partition coefficient (Wildman–Crippen LogP) is 1.02. The van der Waals surface area contributed by atoms with E-state index in [2.05, 4.69) is 0 Å². The molecule has 68 valence electrons. The van der Waals surface area contributed by atoms with Crippen LogP contribution in [0, 0.1) is 12.7 Å². The summed E-state index contributed by atoms with van der Waals surface area (Å²) in [6.45, 7) is 1.67. The zero-order valence-electron chi connectivity index (χ0n) is 7.00. The standard InChI is InChI=1S/C9H8FNO2/c1-6-2-3-7(10)4-8(6)9(13)11-5-12/h2-5H,1H3,(H,11,12,13). The molecule has 0 radical (unpaired) electrons. The van der Waals surface area contributed by atoms with E-state index in [1.807, 2.05) is 5.32 Å². The fourth-order valence-corrected chi connectivity index (χ4v) is 0.970. The first-order chi connectivity index (χ1) is 6.15. The maximum Gasteiger partial charge on any atom is 0.257 e. The number of hydrogen-bond acceptors (Lipinski definition) is 2. The van der Waals surface area contributed by atoms with Gasteiger partial charge in [0.15, 0.2) is 0 Å². The Balaban J connectivity index is 3.05. The molecule has 0 fully saturated rings. The highest BCUT2D eigenvalue weighted by atomic mass is 19.1. The van der Waals surface area contributed by atoms with Crippen molar-refractivity contribution in [2.24, 2.45) is 0 Å². The van der Waals surface area contributed by atoms with Crippen molar-refractivity contribution in [2.45, 2.75) is 6.92 Å². The van der Waals surface area contributed by atoms with Gasteiger partial charge in [0, 0.05) is 5.56 Å². The molecule has 0 saturated carbocycles. The molecule has 2 amide bonds. The van der Waals surface area contributed by atoms with Crippen LogP contribution in [0.5, 0.6) is 0 Å². The molecule has 4 heteroatoms. The van der Waals surface area contributed by atoms with Crippen molar-refractivity contribution in [3.8, 4) is 0 Å². The second kappa shape index (κ2) is 3.80. The molecule has 0 bridgehead atoms. The predicted molar refractivity (Wildman–Crippen MR) is 44.7 cm³/mol. The first-order valence-electron chi connectivity index (χ1n) is 3.66. The molecule has 0 unspecified atom stereocenters. The first-order valence-corrected chi connectivity index (χ1v) is 3.66. The van der Waals surface area contributed by atoms with Gasteiger partial charge in [0.2, 0.25) is 6.41 Å². The minimum absolute atomic E-state index is 0.173. The van der Waals surface area contributed by atoms with Crippen LogP contribution in [-0.2, 0) is 4.79 Å². The Morgan fingerprint density at radius 2 is 2.23 bits per heavy atom. The Kier molecular flexibility index (Phi) is 2.74. The van der Waals surface area contributed by atoms with Gasteiger partial charge >= 0.3 is 0 Å². The molecule has 0 heterocycles. The number of nitrogens with one attached hydrogen (secondary N) is 1. The SMILES string of the molecule is Cc1ccc(F)cc1C(=O)NC=O. The van der Waals surface area contributed by atoms with Gasteiger partial charge in [-0.1, -0.05) is 6.07 Å². The number of aryl methyl sites for hydroxylation is 1. The monoisotopic (exact) mass is 181 g/mol. The summed E-state index contributed by atoms with van der Waals surface area (Å²) in [4.78, 5) is 21.1. The minimum atomic E-state index is -0.591. The van der Waals surface area contributed by atoms with Crippen molar-refractivity contribution in [3.63, 3.8) is 0 Å². The summed E-state index contributed by atoms with van der Waals surface area (Å²) in [6.07, 6.45) is 0.271. The number of hydrogen-bond donors (Lipinski definition) is 1. The second-order valence-electron chi connectivity index (χ2n) is 2.55. The average Bonchev–Trinajstić information content (AvgIpc) is 2.09. The molecule has 0 aromatic heterocycles. The van der Waals surface area contributed by atoms with E-state index in [-0.39, 0.29) is 12.0 Å². The average molecular weight is 181 g/mol. The summed E-state index contributed by atoms with van der Waals surface area (Å²) in [5.41, 5.74) is 0.799. The van der Waals surface area contributed by atoms with Crippen LogP contribution >= 0.6 is 0 Å². The third-order valence-corrected chi connectivity index (χ3v) is 1.63. The lowest BCUT2D eigenvalue weighted by Crippen LogP contribution is -2.22. The Bertz CT molecular complexity index is 349. The van der Waals surface area contributed by atoms with Gasteiger partial charge in [-0.25, -0.2) is 4.39 Å².